The van der Waals surface area contributed by atoms with Gasteiger partial charge in [0.05, 0.1) is 5.92 Å². The number of nitrogens with one attached hydrogen (secondary N) is 3. The molecule has 1 amide bonds. The Morgan fingerprint density at radius 3 is 2.55 bits per heavy atom. The number of carbonyl (C=O) groups is 1. The van der Waals surface area contributed by atoms with E-state index in [4.69, 9.17) is 0 Å². The Labute approximate surface area is 121 Å². The van der Waals surface area contributed by atoms with Crippen molar-refractivity contribution < 1.29 is 4.79 Å². The first-order valence-corrected chi connectivity index (χ1v) is 7.29. The molecule has 20 heavy (non-hydrogen) atoms. The average molecular weight is 275 g/mol. The molecule has 1 aliphatic heterocycles. The highest BCUT2D eigenvalue weighted by Gasteiger charge is 2.27. The van der Waals surface area contributed by atoms with E-state index in [0.29, 0.717) is 6.54 Å². The molecule has 110 valence electrons. The predicted molar refractivity (Wildman–Crippen MR) is 81.4 cm³/mol. The quantitative estimate of drug-likeness (QED) is 0.736. The first-order chi connectivity index (χ1) is 9.48. The summed E-state index contributed by atoms with van der Waals surface area (Å²) in [6, 6.07) is 10.6. The molecular weight excluding hydrogens is 250 g/mol. The zero-order valence-corrected chi connectivity index (χ0v) is 12.6. The smallest absolute Gasteiger partial charge is 0.225 e. The molecule has 3 N–H and O–H groups in total. The van der Waals surface area contributed by atoms with Crippen LogP contribution in [-0.2, 0) is 4.79 Å². The molecule has 4 heteroatoms. The van der Waals surface area contributed by atoms with Gasteiger partial charge in [0.15, 0.2) is 0 Å². The van der Waals surface area contributed by atoms with Gasteiger partial charge in [-0.15, -0.1) is 0 Å². The Hall–Kier alpha value is -1.39. The topological polar surface area (TPSA) is 53.2 Å². The van der Waals surface area contributed by atoms with Gasteiger partial charge in [0.1, 0.15) is 0 Å². The van der Waals surface area contributed by atoms with Crippen LogP contribution in [0.15, 0.2) is 30.3 Å². The lowest BCUT2D eigenvalue weighted by atomic mass is 9.99. The van der Waals surface area contributed by atoms with Crippen molar-refractivity contribution >= 4 is 5.91 Å². The van der Waals surface area contributed by atoms with Crippen LogP contribution in [0.2, 0.25) is 0 Å². The van der Waals surface area contributed by atoms with Crippen molar-refractivity contribution in [2.75, 3.05) is 19.6 Å². The van der Waals surface area contributed by atoms with Crippen molar-refractivity contribution in [1.82, 2.24) is 16.0 Å². The summed E-state index contributed by atoms with van der Waals surface area (Å²) in [6.07, 6.45) is 0. The highest BCUT2D eigenvalue weighted by molar-refractivity contribution is 5.80. The Morgan fingerprint density at radius 1 is 1.35 bits per heavy atom. The van der Waals surface area contributed by atoms with Gasteiger partial charge in [0.2, 0.25) is 5.91 Å². The molecule has 0 spiro atoms. The van der Waals surface area contributed by atoms with Crippen LogP contribution in [0.3, 0.4) is 0 Å². The first kappa shape index (κ1) is 15.0. The van der Waals surface area contributed by atoms with E-state index >= 15 is 0 Å². The number of hydrogen-bond acceptors (Lipinski definition) is 3. The molecule has 1 saturated heterocycles. The zero-order chi connectivity index (χ0) is 14.6. The summed E-state index contributed by atoms with van der Waals surface area (Å²) in [6.45, 7) is 8.63. The number of rotatable bonds is 6. The van der Waals surface area contributed by atoms with Crippen LogP contribution in [0.25, 0.3) is 0 Å². The van der Waals surface area contributed by atoms with Crippen molar-refractivity contribution in [1.29, 1.82) is 0 Å². The molecule has 1 atom stereocenters. The summed E-state index contributed by atoms with van der Waals surface area (Å²) in [5.74, 6) is 0.309. The molecule has 0 radical (unpaired) electrons. The molecule has 1 aromatic rings. The number of hydrogen-bond donors (Lipinski definition) is 3. The lowest BCUT2D eigenvalue weighted by Gasteiger charge is -2.32. The van der Waals surface area contributed by atoms with Crippen molar-refractivity contribution in [3.63, 3.8) is 0 Å². The normalized spacial score (nSPS) is 17.4. The van der Waals surface area contributed by atoms with Gasteiger partial charge in [-0.3, -0.25) is 4.79 Å². The van der Waals surface area contributed by atoms with Gasteiger partial charge in [-0.25, -0.2) is 0 Å². The van der Waals surface area contributed by atoms with Crippen molar-refractivity contribution in [2.45, 2.75) is 32.4 Å². The minimum Gasteiger partial charge on any atom is -0.354 e. The Balaban J connectivity index is 1.82. The number of benzene rings is 1. The third kappa shape index (κ3) is 4.05. The summed E-state index contributed by atoms with van der Waals surface area (Å²) in [7, 11) is 0. The molecule has 1 aromatic carbocycles. The van der Waals surface area contributed by atoms with Gasteiger partial charge >= 0.3 is 0 Å². The van der Waals surface area contributed by atoms with Crippen LogP contribution < -0.4 is 16.0 Å². The molecule has 1 aliphatic rings. The maximum Gasteiger partial charge on any atom is 0.225 e. The molecule has 0 saturated carbocycles. The van der Waals surface area contributed by atoms with Crippen molar-refractivity contribution in [2.24, 2.45) is 5.92 Å². The molecule has 1 fully saturated rings. The van der Waals surface area contributed by atoms with Gasteiger partial charge in [-0.05, 0) is 26.3 Å². The minimum atomic E-state index is -0.137. The largest absolute Gasteiger partial charge is 0.354 e. The second-order valence-corrected chi connectivity index (χ2v) is 6.23. The van der Waals surface area contributed by atoms with E-state index in [0.717, 1.165) is 13.1 Å². The zero-order valence-electron chi connectivity index (χ0n) is 12.6. The Bertz CT molecular complexity index is 440. The monoisotopic (exact) mass is 275 g/mol. The van der Waals surface area contributed by atoms with E-state index in [9.17, 15) is 4.79 Å². The van der Waals surface area contributed by atoms with Crippen LogP contribution in [0.4, 0.5) is 0 Å². The fourth-order valence-electron chi connectivity index (χ4n) is 2.39. The van der Waals surface area contributed by atoms with Gasteiger partial charge in [-0.2, -0.15) is 0 Å². The molecule has 1 heterocycles. The van der Waals surface area contributed by atoms with Crippen LogP contribution in [-0.4, -0.2) is 31.1 Å². The van der Waals surface area contributed by atoms with Gasteiger partial charge in [0, 0.05) is 31.2 Å². The fourth-order valence-corrected chi connectivity index (χ4v) is 2.39. The maximum absolute atomic E-state index is 11.8. The van der Waals surface area contributed by atoms with Gasteiger partial charge in [-0.1, -0.05) is 30.3 Å². The molecular formula is C16H25N3O. The molecule has 2 rings (SSSR count). The lowest BCUT2D eigenvalue weighted by molar-refractivity contribution is -0.126. The third-order valence-corrected chi connectivity index (χ3v) is 3.76. The minimum absolute atomic E-state index is 0.137. The summed E-state index contributed by atoms with van der Waals surface area (Å²) in [5.41, 5.74) is 1.12. The molecule has 4 nitrogen and oxygen atoms in total. The Kier molecular flexibility index (Phi) is 4.78. The predicted octanol–water partition coefficient (Wildman–Crippen LogP) is 1.45. The third-order valence-electron chi connectivity index (χ3n) is 3.76. The lowest BCUT2D eigenvalue weighted by Crippen LogP contribution is -2.55. The second kappa shape index (κ2) is 6.37. The van der Waals surface area contributed by atoms with Crippen LogP contribution in [0.1, 0.15) is 32.4 Å². The molecule has 0 aromatic heterocycles. The van der Waals surface area contributed by atoms with E-state index in [1.165, 1.54) is 5.56 Å². The van der Waals surface area contributed by atoms with Crippen molar-refractivity contribution in [3.05, 3.63) is 35.9 Å². The standard InChI is InChI=1S/C16H25N3O/c1-12(13-7-5-4-6-8-13)19-16(2,3)11-18-15(20)14-9-17-10-14/h4-8,12,14,17,19H,9-11H2,1-3H3,(H,18,20). The van der Waals surface area contributed by atoms with E-state index in [-0.39, 0.29) is 23.4 Å². The van der Waals surface area contributed by atoms with Gasteiger partial charge in [0.25, 0.3) is 0 Å². The Morgan fingerprint density at radius 2 is 2.00 bits per heavy atom. The summed E-state index contributed by atoms with van der Waals surface area (Å²) in [5, 5.41) is 9.73. The molecule has 1 unspecified atom stereocenters. The first-order valence-electron chi connectivity index (χ1n) is 7.29. The van der Waals surface area contributed by atoms with Crippen molar-refractivity contribution in [3.8, 4) is 0 Å². The highest BCUT2D eigenvalue weighted by Crippen LogP contribution is 2.15. The van der Waals surface area contributed by atoms with Crippen LogP contribution >= 0.6 is 0 Å². The van der Waals surface area contributed by atoms with Crippen LogP contribution in [0.5, 0.6) is 0 Å². The summed E-state index contributed by atoms with van der Waals surface area (Å²) in [4.78, 5) is 11.8. The van der Waals surface area contributed by atoms with Gasteiger partial charge < -0.3 is 16.0 Å². The number of carbonyl (C=O) groups excluding carboxylic acids is 1. The van der Waals surface area contributed by atoms with E-state index < -0.39 is 0 Å². The van der Waals surface area contributed by atoms with Crippen LogP contribution in [0, 0.1) is 5.92 Å². The highest BCUT2D eigenvalue weighted by atomic mass is 16.2. The molecule has 0 aliphatic carbocycles. The molecule has 0 bridgehead atoms. The van der Waals surface area contributed by atoms with E-state index in [1.54, 1.807) is 0 Å². The maximum atomic E-state index is 11.8. The number of amides is 1. The SMILES string of the molecule is CC(NC(C)(C)CNC(=O)C1CNC1)c1ccccc1. The second-order valence-electron chi connectivity index (χ2n) is 6.23. The van der Waals surface area contributed by atoms with E-state index in [2.05, 4.69) is 48.9 Å². The average Bonchev–Trinajstić information content (AvgIpc) is 2.35. The summed E-state index contributed by atoms with van der Waals surface area (Å²) < 4.78 is 0. The fraction of sp³-hybridized carbons (Fsp3) is 0.562. The van der Waals surface area contributed by atoms with E-state index in [1.807, 2.05) is 18.2 Å². The summed E-state index contributed by atoms with van der Waals surface area (Å²) >= 11 is 0.